The Bertz CT molecular complexity index is 588. The molecule has 1 N–H and O–H groups in total. The van der Waals surface area contributed by atoms with Crippen molar-refractivity contribution in [1.29, 1.82) is 0 Å². The zero-order chi connectivity index (χ0) is 23.2. The SMILES string of the molecule is C=N/C=C(\C=N/COCC)C/C(=C/N(C=S)CCCCCCCCCCC)C(=O)NC. The molecule has 0 fully saturated rings. The van der Waals surface area contributed by atoms with Gasteiger partial charge in [0.25, 0.3) is 0 Å². The lowest BCUT2D eigenvalue weighted by molar-refractivity contribution is -0.117. The fourth-order valence-corrected chi connectivity index (χ4v) is 3.22. The Balaban J connectivity index is 4.75. The van der Waals surface area contributed by atoms with E-state index in [4.69, 9.17) is 17.0 Å². The molecular formula is C24H42N4O2S. The maximum atomic E-state index is 12.4. The van der Waals surface area contributed by atoms with Gasteiger partial charge in [-0.3, -0.25) is 14.8 Å². The Morgan fingerprint density at radius 3 is 2.29 bits per heavy atom. The van der Waals surface area contributed by atoms with Gasteiger partial charge < -0.3 is 15.0 Å². The van der Waals surface area contributed by atoms with E-state index in [1.54, 1.807) is 25.0 Å². The van der Waals surface area contributed by atoms with Gasteiger partial charge in [0.15, 0.2) is 0 Å². The quantitative estimate of drug-likeness (QED) is 0.116. The standard InChI is InChI=1S/C24H42N4O2S/c1-5-7-8-9-10-11-12-13-14-15-28(21-31)19-23(24(29)26-4)16-22(17-25-3)18-27-20-30-6-2/h17-19,21H,3,5-16,20H2,1-2,4H3,(H,26,29)/b22-17-,23-19-,27-18-. The van der Waals surface area contributed by atoms with Crippen molar-refractivity contribution in [3.63, 3.8) is 0 Å². The average molecular weight is 451 g/mol. The van der Waals surface area contributed by atoms with E-state index in [9.17, 15) is 4.79 Å². The first-order valence-corrected chi connectivity index (χ1v) is 12.0. The third-order valence-electron chi connectivity index (χ3n) is 4.77. The van der Waals surface area contributed by atoms with E-state index >= 15 is 0 Å². The molecule has 0 aromatic rings. The molecule has 0 atom stereocenters. The first-order valence-electron chi connectivity index (χ1n) is 11.5. The van der Waals surface area contributed by atoms with E-state index in [2.05, 4.69) is 28.9 Å². The Morgan fingerprint density at radius 1 is 1.10 bits per heavy atom. The van der Waals surface area contributed by atoms with E-state index in [-0.39, 0.29) is 12.6 Å². The number of hydrogen-bond acceptors (Lipinski definition) is 5. The summed E-state index contributed by atoms with van der Waals surface area (Å²) in [7, 11) is 1.62. The molecule has 0 aromatic carbocycles. The van der Waals surface area contributed by atoms with Gasteiger partial charge in [0.05, 0.1) is 5.49 Å². The second kappa shape index (κ2) is 21.4. The van der Waals surface area contributed by atoms with Crippen molar-refractivity contribution < 1.29 is 9.53 Å². The summed E-state index contributed by atoms with van der Waals surface area (Å²) in [6.45, 7) is 9.34. The molecule has 0 heterocycles. The minimum absolute atomic E-state index is 0.151. The highest BCUT2D eigenvalue weighted by molar-refractivity contribution is 7.78. The smallest absolute Gasteiger partial charge is 0.248 e. The predicted molar refractivity (Wildman–Crippen MR) is 137 cm³/mol. The van der Waals surface area contributed by atoms with Crippen LogP contribution in [0.2, 0.25) is 0 Å². The van der Waals surface area contributed by atoms with Crippen LogP contribution in [0, 0.1) is 0 Å². The summed E-state index contributed by atoms with van der Waals surface area (Å²) in [6.07, 6.45) is 16.9. The van der Waals surface area contributed by atoms with Crippen LogP contribution in [0.15, 0.2) is 33.5 Å². The van der Waals surface area contributed by atoms with Gasteiger partial charge in [0, 0.05) is 50.8 Å². The van der Waals surface area contributed by atoms with Gasteiger partial charge in [0.1, 0.15) is 6.73 Å². The van der Waals surface area contributed by atoms with Crippen molar-refractivity contribution in [3.8, 4) is 0 Å². The van der Waals surface area contributed by atoms with Gasteiger partial charge in [-0.05, 0) is 25.6 Å². The van der Waals surface area contributed by atoms with E-state index in [1.165, 1.54) is 51.4 Å². The minimum Gasteiger partial charge on any atom is -0.360 e. The van der Waals surface area contributed by atoms with E-state index < -0.39 is 0 Å². The summed E-state index contributed by atoms with van der Waals surface area (Å²) in [5, 5.41) is 2.70. The molecule has 6 nitrogen and oxygen atoms in total. The number of hydrogen-bond donors (Lipinski definition) is 1. The van der Waals surface area contributed by atoms with Crippen LogP contribution in [-0.4, -0.2) is 56.2 Å². The summed E-state index contributed by atoms with van der Waals surface area (Å²) >= 11 is 5.18. The topological polar surface area (TPSA) is 66.3 Å². The van der Waals surface area contributed by atoms with Crippen LogP contribution in [0.3, 0.4) is 0 Å². The Hall–Kier alpha value is -1.86. The third-order valence-corrected chi connectivity index (χ3v) is 5.05. The van der Waals surface area contributed by atoms with Gasteiger partial charge >= 0.3 is 0 Å². The number of amides is 1. The number of carbonyl (C=O) groups is 1. The Morgan fingerprint density at radius 2 is 1.74 bits per heavy atom. The molecule has 0 saturated heterocycles. The number of ether oxygens (including phenoxy) is 1. The molecule has 0 saturated carbocycles. The molecule has 0 spiro atoms. The highest BCUT2D eigenvalue weighted by atomic mass is 32.1. The fraction of sp³-hybridized carbons (Fsp3) is 0.667. The fourth-order valence-electron chi connectivity index (χ4n) is 3.06. The Labute approximate surface area is 194 Å². The van der Waals surface area contributed by atoms with Crippen LogP contribution >= 0.6 is 12.2 Å². The number of likely N-dealkylation sites (N-methyl/N-ethyl adjacent to an activating group) is 1. The van der Waals surface area contributed by atoms with Crippen molar-refractivity contribution in [1.82, 2.24) is 10.2 Å². The van der Waals surface area contributed by atoms with Gasteiger partial charge in [0.2, 0.25) is 5.91 Å². The number of unbranched alkanes of at least 4 members (excludes halogenated alkanes) is 8. The molecule has 0 aromatic heterocycles. The number of aliphatic imine (C=N–C) groups is 2. The molecule has 0 aliphatic rings. The van der Waals surface area contributed by atoms with Crippen LogP contribution in [0.5, 0.6) is 0 Å². The number of allylic oxidation sites excluding steroid dienone is 1. The van der Waals surface area contributed by atoms with E-state index in [1.807, 2.05) is 18.0 Å². The maximum Gasteiger partial charge on any atom is 0.248 e. The Kier molecular flexibility index (Phi) is 20.1. The van der Waals surface area contributed by atoms with Crippen LogP contribution in [0.4, 0.5) is 0 Å². The zero-order valence-corrected chi connectivity index (χ0v) is 20.6. The molecule has 0 bridgehead atoms. The number of nitrogens with zero attached hydrogens (tertiary/aromatic N) is 3. The van der Waals surface area contributed by atoms with Gasteiger partial charge in [-0.1, -0.05) is 70.5 Å². The summed E-state index contributed by atoms with van der Waals surface area (Å²) in [5.74, 6) is -0.151. The normalized spacial score (nSPS) is 12.2. The highest BCUT2D eigenvalue weighted by Crippen LogP contribution is 2.13. The summed E-state index contributed by atoms with van der Waals surface area (Å²) < 4.78 is 5.22. The van der Waals surface area contributed by atoms with Crippen LogP contribution in [0.1, 0.15) is 78.1 Å². The van der Waals surface area contributed by atoms with Gasteiger partial charge in [-0.15, -0.1) is 0 Å². The predicted octanol–water partition coefficient (Wildman–Crippen LogP) is 5.45. The lowest BCUT2D eigenvalue weighted by Crippen LogP contribution is -2.24. The second-order valence-electron chi connectivity index (χ2n) is 7.40. The summed E-state index contributed by atoms with van der Waals surface area (Å²) in [5.41, 5.74) is 2.97. The van der Waals surface area contributed by atoms with Crippen molar-refractivity contribution >= 4 is 36.5 Å². The lowest BCUT2D eigenvalue weighted by atomic mass is 10.1. The zero-order valence-electron chi connectivity index (χ0n) is 19.8. The van der Waals surface area contributed by atoms with E-state index in [0.29, 0.717) is 18.6 Å². The lowest BCUT2D eigenvalue weighted by Gasteiger charge is -2.17. The molecule has 0 unspecified atom stereocenters. The van der Waals surface area contributed by atoms with Gasteiger partial charge in [-0.2, -0.15) is 0 Å². The monoisotopic (exact) mass is 450 g/mol. The van der Waals surface area contributed by atoms with Gasteiger partial charge in [-0.25, -0.2) is 0 Å². The van der Waals surface area contributed by atoms with Crippen molar-refractivity contribution in [2.45, 2.75) is 78.1 Å². The minimum atomic E-state index is -0.151. The number of carbonyl (C=O) groups excluding carboxylic acids is 1. The molecule has 0 aliphatic carbocycles. The molecule has 0 radical (unpaired) electrons. The van der Waals surface area contributed by atoms with Crippen LogP contribution in [0.25, 0.3) is 0 Å². The van der Waals surface area contributed by atoms with E-state index in [0.717, 1.165) is 18.5 Å². The number of thiocarbonyl (C=S) groups is 1. The van der Waals surface area contributed by atoms with Crippen molar-refractivity contribution in [2.24, 2.45) is 9.98 Å². The summed E-state index contributed by atoms with van der Waals surface area (Å²) in [4.78, 5) is 22.4. The molecular weight excluding hydrogens is 408 g/mol. The molecule has 0 rings (SSSR count). The molecule has 31 heavy (non-hydrogen) atoms. The first-order chi connectivity index (χ1) is 15.1. The largest absolute Gasteiger partial charge is 0.360 e. The molecule has 0 aliphatic heterocycles. The van der Waals surface area contributed by atoms with Crippen molar-refractivity contribution in [3.05, 3.63) is 23.5 Å². The summed E-state index contributed by atoms with van der Waals surface area (Å²) in [6, 6.07) is 0. The highest BCUT2D eigenvalue weighted by Gasteiger charge is 2.11. The van der Waals surface area contributed by atoms with Crippen LogP contribution < -0.4 is 5.32 Å². The molecule has 1 amide bonds. The molecule has 176 valence electrons. The molecule has 7 heteroatoms. The van der Waals surface area contributed by atoms with Crippen LogP contribution in [-0.2, 0) is 9.53 Å². The average Bonchev–Trinajstić information content (AvgIpc) is 2.78. The second-order valence-corrected chi connectivity index (χ2v) is 7.61. The number of nitrogens with one attached hydrogen (secondary N) is 1. The first kappa shape index (κ1) is 29.1. The van der Waals surface area contributed by atoms with Crippen molar-refractivity contribution in [2.75, 3.05) is 26.9 Å². The number of rotatable bonds is 20. The maximum absolute atomic E-state index is 12.4. The third kappa shape index (κ3) is 16.5.